The van der Waals surface area contributed by atoms with Gasteiger partial charge in [0.15, 0.2) is 5.78 Å². The van der Waals surface area contributed by atoms with E-state index in [1.54, 1.807) is 18.2 Å². The average Bonchev–Trinajstić information content (AvgIpc) is 2.54. The van der Waals surface area contributed by atoms with Crippen LogP contribution in [-0.4, -0.2) is 5.78 Å². The zero-order chi connectivity index (χ0) is 12.2. The van der Waals surface area contributed by atoms with Gasteiger partial charge in [-0.1, -0.05) is 17.7 Å². The molecule has 0 bridgehead atoms. The number of nitrogens with two attached hydrogens (primary N) is 1. The standard InChI is InChI=1S/C13H7BrClNO/c14-11-4-8-7-2-1-6(15)3-9(7)13(17)10(8)5-12(11)16/h1-5H,16H2. The number of fused-ring (bicyclic) bond motifs is 3. The van der Waals surface area contributed by atoms with Crippen LogP contribution in [0.5, 0.6) is 0 Å². The zero-order valence-electron chi connectivity index (χ0n) is 8.63. The molecule has 4 heteroatoms. The summed E-state index contributed by atoms with van der Waals surface area (Å²) in [6, 6.07) is 8.93. The number of benzene rings is 2. The van der Waals surface area contributed by atoms with Crippen molar-refractivity contribution in [2.45, 2.75) is 0 Å². The fourth-order valence-corrected chi connectivity index (χ4v) is 2.60. The molecule has 2 aromatic rings. The Morgan fingerprint density at radius 1 is 1.00 bits per heavy atom. The van der Waals surface area contributed by atoms with Crippen LogP contribution in [0.1, 0.15) is 15.9 Å². The molecule has 2 nitrogen and oxygen atoms in total. The van der Waals surface area contributed by atoms with Crippen LogP contribution in [0.2, 0.25) is 5.02 Å². The molecule has 0 spiro atoms. The van der Waals surface area contributed by atoms with Gasteiger partial charge in [0.05, 0.1) is 0 Å². The van der Waals surface area contributed by atoms with E-state index in [1.165, 1.54) is 0 Å². The molecule has 2 N–H and O–H groups in total. The minimum atomic E-state index is -0.0169. The highest BCUT2D eigenvalue weighted by Gasteiger charge is 2.27. The molecule has 0 unspecified atom stereocenters. The lowest BCUT2D eigenvalue weighted by atomic mass is 10.1. The van der Waals surface area contributed by atoms with Crippen molar-refractivity contribution in [2.24, 2.45) is 0 Å². The van der Waals surface area contributed by atoms with E-state index in [1.807, 2.05) is 12.1 Å². The SMILES string of the molecule is Nc1cc2c(cc1Br)-c1ccc(Cl)cc1C2=O. The Kier molecular flexibility index (Phi) is 2.28. The maximum absolute atomic E-state index is 12.2. The predicted octanol–water partition coefficient (Wildman–Crippen LogP) is 3.90. The molecule has 0 aromatic heterocycles. The van der Waals surface area contributed by atoms with Crippen LogP contribution in [0.25, 0.3) is 11.1 Å². The lowest BCUT2D eigenvalue weighted by Gasteiger charge is -2.03. The summed E-state index contributed by atoms with van der Waals surface area (Å²) in [5, 5.41) is 0.567. The van der Waals surface area contributed by atoms with Crippen molar-refractivity contribution in [2.75, 3.05) is 5.73 Å². The Bertz CT molecular complexity index is 667. The van der Waals surface area contributed by atoms with Gasteiger partial charge in [0.25, 0.3) is 0 Å². The zero-order valence-corrected chi connectivity index (χ0v) is 11.0. The number of hydrogen-bond donors (Lipinski definition) is 1. The monoisotopic (exact) mass is 307 g/mol. The normalized spacial score (nSPS) is 12.5. The van der Waals surface area contributed by atoms with Gasteiger partial charge in [-0.25, -0.2) is 0 Å². The molecule has 0 aliphatic heterocycles. The van der Waals surface area contributed by atoms with E-state index in [0.29, 0.717) is 21.8 Å². The second-order valence-electron chi connectivity index (χ2n) is 3.94. The first kappa shape index (κ1) is 10.8. The number of halogens is 2. The van der Waals surface area contributed by atoms with Crippen LogP contribution < -0.4 is 5.73 Å². The van der Waals surface area contributed by atoms with Crippen LogP contribution in [0, 0.1) is 0 Å². The largest absolute Gasteiger partial charge is 0.398 e. The molecule has 0 atom stereocenters. The van der Waals surface area contributed by atoms with E-state index in [4.69, 9.17) is 17.3 Å². The molecule has 0 heterocycles. The Balaban J connectivity index is 2.35. The minimum Gasteiger partial charge on any atom is -0.398 e. The second kappa shape index (κ2) is 3.59. The van der Waals surface area contributed by atoms with Gasteiger partial charge in [0.1, 0.15) is 0 Å². The summed E-state index contributed by atoms with van der Waals surface area (Å²) in [5.74, 6) is -0.0169. The summed E-state index contributed by atoms with van der Waals surface area (Å²) >= 11 is 9.28. The summed E-state index contributed by atoms with van der Waals surface area (Å²) in [6.45, 7) is 0. The molecule has 0 radical (unpaired) electrons. The molecule has 0 saturated carbocycles. The highest BCUT2D eigenvalue weighted by atomic mass is 79.9. The summed E-state index contributed by atoms with van der Waals surface area (Å²) in [6.07, 6.45) is 0. The number of carbonyl (C=O) groups excluding carboxylic acids is 1. The Hall–Kier alpha value is -1.32. The van der Waals surface area contributed by atoms with E-state index in [0.717, 1.165) is 15.6 Å². The highest BCUT2D eigenvalue weighted by molar-refractivity contribution is 9.10. The van der Waals surface area contributed by atoms with E-state index in [9.17, 15) is 4.79 Å². The molecule has 17 heavy (non-hydrogen) atoms. The molecule has 3 rings (SSSR count). The van der Waals surface area contributed by atoms with Crippen LogP contribution in [0.3, 0.4) is 0 Å². The lowest BCUT2D eigenvalue weighted by molar-refractivity contribution is 0.104. The molecule has 0 amide bonds. The Morgan fingerprint density at radius 3 is 2.47 bits per heavy atom. The summed E-state index contributed by atoms with van der Waals surface area (Å²) in [4.78, 5) is 12.2. The number of anilines is 1. The van der Waals surface area contributed by atoms with Gasteiger partial charge in [0, 0.05) is 26.3 Å². The van der Waals surface area contributed by atoms with E-state index in [2.05, 4.69) is 15.9 Å². The smallest absolute Gasteiger partial charge is 0.194 e. The molecule has 84 valence electrons. The van der Waals surface area contributed by atoms with Gasteiger partial charge in [0.2, 0.25) is 0 Å². The average molecular weight is 309 g/mol. The fraction of sp³-hybridized carbons (Fsp3) is 0. The van der Waals surface area contributed by atoms with Gasteiger partial charge in [-0.15, -0.1) is 0 Å². The summed E-state index contributed by atoms with van der Waals surface area (Å²) in [7, 11) is 0. The van der Waals surface area contributed by atoms with Crippen molar-refractivity contribution >= 4 is 39.0 Å². The third-order valence-corrected chi connectivity index (χ3v) is 3.82. The minimum absolute atomic E-state index is 0.0169. The number of ketones is 1. The van der Waals surface area contributed by atoms with Crippen molar-refractivity contribution < 1.29 is 4.79 Å². The number of rotatable bonds is 0. The molecule has 0 fully saturated rings. The first-order valence-electron chi connectivity index (χ1n) is 5.01. The second-order valence-corrected chi connectivity index (χ2v) is 5.23. The maximum atomic E-state index is 12.2. The number of hydrogen-bond acceptors (Lipinski definition) is 2. The maximum Gasteiger partial charge on any atom is 0.194 e. The Morgan fingerprint density at radius 2 is 1.71 bits per heavy atom. The van der Waals surface area contributed by atoms with Crippen molar-refractivity contribution in [3.63, 3.8) is 0 Å². The van der Waals surface area contributed by atoms with Crippen molar-refractivity contribution in [3.8, 4) is 11.1 Å². The van der Waals surface area contributed by atoms with E-state index in [-0.39, 0.29) is 5.78 Å². The van der Waals surface area contributed by atoms with Gasteiger partial charge in [-0.3, -0.25) is 4.79 Å². The van der Waals surface area contributed by atoms with Crippen LogP contribution in [0.4, 0.5) is 5.69 Å². The Labute approximate surface area is 112 Å². The summed E-state index contributed by atoms with van der Waals surface area (Å²) < 4.78 is 0.798. The molecule has 1 aliphatic carbocycles. The van der Waals surface area contributed by atoms with Gasteiger partial charge >= 0.3 is 0 Å². The quantitative estimate of drug-likeness (QED) is 0.640. The summed E-state index contributed by atoms with van der Waals surface area (Å²) in [5.41, 5.74) is 9.46. The highest BCUT2D eigenvalue weighted by Crippen LogP contribution is 2.40. The van der Waals surface area contributed by atoms with E-state index >= 15 is 0 Å². The first-order chi connectivity index (χ1) is 8.08. The fourth-order valence-electron chi connectivity index (χ4n) is 2.08. The lowest BCUT2D eigenvalue weighted by Crippen LogP contribution is -1.97. The molecule has 1 aliphatic rings. The van der Waals surface area contributed by atoms with Crippen LogP contribution in [0.15, 0.2) is 34.8 Å². The predicted molar refractivity (Wildman–Crippen MR) is 72.4 cm³/mol. The molecular formula is C13H7BrClNO. The third kappa shape index (κ3) is 1.50. The van der Waals surface area contributed by atoms with Crippen LogP contribution >= 0.6 is 27.5 Å². The molecule has 2 aromatic carbocycles. The van der Waals surface area contributed by atoms with Gasteiger partial charge in [-0.2, -0.15) is 0 Å². The van der Waals surface area contributed by atoms with Crippen molar-refractivity contribution in [3.05, 3.63) is 51.0 Å². The molecule has 0 saturated heterocycles. The number of carbonyl (C=O) groups is 1. The van der Waals surface area contributed by atoms with Gasteiger partial charge < -0.3 is 5.73 Å². The first-order valence-corrected chi connectivity index (χ1v) is 6.18. The van der Waals surface area contributed by atoms with Crippen molar-refractivity contribution in [1.82, 2.24) is 0 Å². The third-order valence-electron chi connectivity index (χ3n) is 2.90. The molecular weight excluding hydrogens is 302 g/mol. The van der Waals surface area contributed by atoms with Gasteiger partial charge in [-0.05, 0) is 51.3 Å². The van der Waals surface area contributed by atoms with Crippen LogP contribution in [-0.2, 0) is 0 Å². The van der Waals surface area contributed by atoms with Crippen molar-refractivity contribution in [1.29, 1.82) is 0 Å². The van der Waals surface area contributed by atoms with E-state index < -0.39 is 0 Å². The number of nitrogen functional groups attached to an aromatic ring is 1. The topological polar surface area (TPSA) is 43.1 Å².